The zero-order valence-corrected chi connectivity index (χ0v) is 14.2. The van der Waals surface area contributed by atoms with Gasteiger partial charge in [0.1, 0.15) is 4.90 Å². The predicted octanol–water partition coefficient (Wildman–Crippen LogP) is 3.82. The normalized spacial score (nSPS) is 18.5. The SMILES string of the molecule is O=S(=O)(c1ccc(-c2cccnc2)cc1Cl)N1CCC(F)(F)CC1. The van der Waals surface area contributed by atoms with E-state index in [0.717, 1.165) is 15.4 Å². The van der Waals surface area contributed by atoms with Gasteiger partial charge in [-0.2, -0.15) is 4.31 Å². The quantitative estimate of drug-likeness (QED) is 0.823. The molecule has 0 saturated carbocycles. The molecule has 0 atom stereocenters. The molecular formula is C16H15ClF2N2O2S. The summed E-state index contributed by atoms with van der Waals surface area (Å²) in [7, 11) is -3.89. The Labute approximate surface area is 144 Å². The van der Waals surface area contributed by atoms with E-state index in [1.807, 2.05) is 6.07 Å². The Balaban J connectivity index is 1.89. The molecule has 2 heterocycles. The number of alkyl halides is 2. The number of pyridine rings is 1. The average molecular weight is 373 g/mol. The van der Waals surface area contributed by atoms with Crippen molar-refractivity contribution < 1.29 is 17.2 Å². The van der Waals surface area contributed by atoms with Crippen LogP contribution in [0.2, 0.25) is 5.02 Å². The maximum absolute atomic E-state index is 13.2. The zero-order chi connectivity index (χ0) is 17.4. The van der Waals surface area contributed by atoms with Crippen LogP contribution in [0, 0.1) is 0 Å². The number of halogens is 3. The molecule has 1 aromatic carbocycles. The number of hydrogen-bond acceptors (Lipinski definition) is 3. The Morgan fingerprint density at radius 2 is 1.83 bits per heavy atom. The highest BCUT2D eigenvalue weighted by Crippen LogP contribution is 2.34. The lowest BCUT2D eigenvalue weighted by Gasteiger charge is -2.31. The lowest BCUT2D eigenvalue weighted by Crippen LogP contribution is -2.42. The molecule has 0 unspecified atom stereocenters. The summed E-state index contributed by atoms with van der Waals surface area (Å²) in [6.07, 6.45) is 2.33. The third kappa shape index (κ3) is 3.43. The Kier molecular flexibility index (Phi) is 4.59. The van der Waals surface area contributed by atoms with Crippen LogP contribution in [0.3, 0.4) is 0 Å². The van der Waals surface area contributed by atoms with Crippen molar-refractivity contribution in [2.24, 2.45) is 0 Å². The van der Waals surface area contributed by atoms with Gasteiger partial charge in [0, 0.05) is 43.9 Å². The number of aromatic nitrogens is 1. The first kappa shape index (κ1) is 17.3. The molecule has 8 heteroatoms. The molecule has 0 bridgehead atoms. The fourth-order valence-corrected chi connectivity index (χ4v) is 4.58. The smallest absolute Gasteiger partial charge is 0.250 e. The molecular weight excluding hydrogens is 358 g/mol. The summed E-state index contributed by atoms with van der Waals surface area (Å²) in [5, 5.41) is 0.0636. The summed E-state index contributed by atoms with van der Waals surface area (Å²) >= 11 is 6.16. The second kappa shape index (κ2) is 6.38. The summed E-state index contributed by atoms with van der Waals surface area (Å²) in [5.41, 5.74) is 1.54. The fraction of sp³-hybridized carbons (Fsp3) is 0.312. The summed E-state index contributed by atoms with van der Waals surface area (Å²) in [6, 6.07) is 8.19. The second-order valence-corrected chi connectivity index (χ2v) is 7.96. The molecule has 2 aromatic rings. The van der Waals surface area contributed by atoms with Gasteiger partial charge in [-0.05, 0) is 23.8 Å². The van der Waals surface area contributed by atoms with Crippen molar-refractivity contribution in [1.82, 2.24) is 9.29 Å². The average Bonchev–Trinajstić information content (AvgIpc) is 2.55. The van der Waals surface area contributed by atoms with Crippen LogP contribution in [0.5, 0.6) is 0 Å². The number of nitrogens with zero attached hydrogens (tertiary/aromatic N) is 2. The predicted molar refractivity (Wildman–Crippen MR) is 87.6 cm³/mol. The summed E-state index contributed by atoms with van der Waals surface area (Å²) in [4.78, 5) is 3.94. The van der Waals surface area contributed by atoms with Crippen LogP contribution in [0.4, 0.5) is 8.78 Å². The Bertz CT molecular complexity index is 834. The minimum atomic E-state index is -3.89. The van der Waals surface area contributed by atoms with Crippen LogP contribution in [-0.4, -0.2) is 36.7 Å². The summed E-state index contributed by atoms with van der Waals surface area (Å²) in [5.74, 6) is -2.81. The number of hydrogen-bond donors (Lipinski definition) is 0. The molecule has 24 heavy (non-hydrogen) atoms. The third-order valence-corrected chi connectivity index (χ3v) is 6.38. The maximum atomic E-state index is 13.2. The van der Waals surface area contributed by atoms with Gasteiger partial charge < -0.3 is 0 Å². The van der Waals surface area contributed by atoms with Crippen molar-refractivity contribution in [2.45, 2.75) is 23.7 Å². The number of rotatable bonds is 3. The number of sulfonamides is 1. The Morgan fingerprint density at radius 1 is 1.12 bits per heavy atom. The monoisotopic (exact) mass is 372 g/mol. The molecule has 0 spiro atoms. The van der Waals surface area contributed by atoms with E-state index in [1.165, 1.54) is 6.07 Å². The Morgan fingerprint density at radius 3 is 2.42 bits per heavy atom. The van der Waals surface area contributed by atoms with Gasteiger partial charge >= 0.3 is 0 Å². The first-order valence-electron chi connectivity index (χ1n) is 7.37. The first-order valence-corrected chi connectivity index (χ1v) is 9.19. The molecule has 1 fully saturated rings. The van der Waals surface area contributed by atoms with Crippen molar-refractivity contribution >= 4 is 21.6 Å². The van der Waals surface area contributed by atoms with Crippen molar-refractivity contribution in [1.29, 1.82) is 0 Å². The zero-order valence-electron chi connectivity index (χ0n) is 12.6. The van der Waals surface area contributed by atoms with E-state index in [-0.39, 0.29) is 23.0 Å². The van der Waals surface area contributed by atoms with Gasteiger partial charge in [0.15, 0.2) is 0 Å². The number of benzene rings is 1. The third-order valence-electron chi connectivity index (χ3n) is 4.00. The van der Waals surface area contributed by atoms with Crippen molar-refractivity contribution in [2.75, 3.05) is 13.1 Å². The molecule has 1 aliphatic rings. The molecule has 0 aliphatic carbocycles. The molecule has 0 N–H and O–H groups in total. The van der Waals surface area contributed by atoms with Gasteiger partial charge in [0.05, 0.1) is 5.02 Å². The molecule has 0 amide bonds. The minimum Gasteiger partial charge on any atom is -0.264 e. The van der Waals surface area contributed by atoms with Crippen LogP contribution >= 0.6 is 11.6 Å². The fourth-order valence-electron chi connectivity index (χ4n) is 2.62. The van der Waals surface area contributed by atoms with Crippen LogP contribution in [0.25, 0.3) is 11.1 Å². The van der Waals surface area contributed by atoms with Gasteiger partial charge in [-0.15, -0.1) is 0 Å². The van der Waals surface area contributed by atoms with E-state index in [0.29, 0.717) is 0 Å². The topological polar surface area (TPSA) is 50.3 Å². The van der Waals surface area contributed by atoms with E-state index in [4.69, 9.17) is 11.6 Å². The van der Waals surface area contributed by atoms with Crippen molar-refractivity contribution in [3.63, 3.8) is 0 Å². The van der Waals surface area contributed by atoms with Gasteiger partial charge in [0.25, 0.3) is 5.92 Å². The molecule has 1 saturated heterocycles. The first-order chi connectivity index (χ1) is 11.3. The van der Waals surface area contributed by atoms with Crippen LogP contribution in [0.15, 0.2) is 47.6 Å². The Hall–Kier alpha value is -1.57. The van der Waals surface area contributed by atoms with E-state index < -0.39 is 28.8 Å². The molecule has 0 radical (unpaired) electrons. The molecule has 3 rings (SSSR count). The van der Waals surface area contributed by atoms with Gasteiger partial charge in [0.2, 0.25) is 10.0 Å². The minimum absolute atomic E-state index is 0.0636. The van der Waals surface area contributed by atoms with E-state index >= 15 is 0 Å². The van der Waals surface area contributed by atoms with E-state index in [9.17, 15) is 17.2 Å². The van der Waals surface area contributed by atoms with Gasteiger partial charge in [-0.3, -0.25) is 4.98 Å². The van der Waals surface area contributed by atoms with Crippen LogP contribution < -0.4 is 0 Å². The highest BCUT2D eigenvalue weighted by Gasteiger charge is 2.39. The van der Waals surface area contributed by atoms with Crippen molar-refractivity contribution in [3.8, 4) is 11.1 Å². The highest BCUT2D eigenvalue weighted by atomic mass is 35.5. The van der Waals surface area contributed by atoms with E-state index in [1.54, 1.807) is 30.6 Å². The molecule has 1 aromatic heterocycles. The van der Waals surface area contributed by atoms with E-state index in [2.05, 4.69) is 4.98 Å². The summed E-state index contributed by atoms with van der Waals surface area (Å²) < 4.78 is 52.8. The van der Waals surface area contributed by atoms with Crippen molar-refractivity contribution in [3.05, 3.63) is 47.7 Å². The van der Waals surface area contributed by atoms with Gasteiger partial charge in [-0.1, -0.05) is 23.7 Å². The largest absolute Gasteiger partial charge is 0.264 e. The highest BCUT2D eigenvalue weighted by molar-refractivity contribution is 7.89. The molecule has 128 valence electrons. The molecule has 1 aliphatic heterocycles. The van der Waals surface area contributed by atoms with Gasteiger partial charge in [-0.25, -0.2) is 17.2 Å². The maximum Gasteiger partial charge on any atom is 0.250 e. The van der Waals surface area contributed by atoms with Crippen LogP contribution in [-0.2, 0) is 10.0 Å². The lowest BCUT2D eigenvalue weighted by molar-refractivity contribution is -0.0411. The second-order valence-electron chi connectivity index (χ2n) is 5.65. The standard InChI is InChI=1S/C16H15ClF2N2O2S/c17-14-10-12(13-2-1-7-20-11-13)3-4-15(14)24(22,23)21-8-5-16(18,19)6-9-21/h1-4,7,10-11H,5-6,8-9H2. The summed E-state index contributed by atoms with van der Waals surface area (Å²) in [6.45, 7) is -0.425. The lowest BCUT2D eigenvalue weighted by atomic mass is 10.1. The molecule has 4 nitrogen and oxygen atoms in total. The van der Waals surface area contributed by atoms with Crippen LogP contribution in [0.1, 0.15) is 12.8 Å². The number of piperidine rings is 1.